The molecule has 12 heteroatoms. The van der Waals surface area contributed by atoms with E-state index in [1.54, 1.807) is 36.4 Å². The number of hydrogen-bond donors (Lipinski definition) is 2. The first-order valence-electron chi connectivity index (χ1n) is 10.2. The minimum absolute atomic E-state index is 0.206. The standard InChI is InChI=1S/C22H17ClN4O4S3/c1-34(30,31)13-6-8-15-17(10-13)33-21(24-15)27-20(29)14-7-9-16-18(14)25-22(32-16)26-19(28)11-2-4-12(23)5-3-11/h2-6,8,10,14H,7,9H2,1H3,(H,24,27,29)(H,25,26,28). The van der Waals surface area contributed by atoms with E-state index >= 15 is 0 Å². The zero-order valence-electron chi connectivity index (χ0n) is 17.7. The molecular weight excluding hydrogens is 516 g/mol. The predicted octanol–water partition coefficient (Wildman–Crippen LogP) is 4.73. The molecule has 34 heavy (non-hydrogen) atoms. The van der Waals surface area contributed by atoms with Crippen molar-refractivity contribution >= 4 is 76.4 Å². The summed E-state index contributed by atoms with van der Waals surface area (Å²) in [5.74, 6) is -0.985. The lowest BCUT2D eigenvalue weighted by atomic mass is 10.1. The highest BCUT2D eigenvalue weighted by atomic mass is 35.5. The Morgan fingerprint density at radius 3 is 2.50 bits per heavy atom. The molecule has 4 aromatic rings. The zero-order valence-corrected chi connectivity index (χ0v) is 20.9. The van der Waals surface area contributed by atoms with E-state index in [0.717, 1.165) is 11.1 Å². The van der Waals surface area contributed by atoms with Crippen LogP contribution in [-0.2, 0) is 21.1 Å². The van der Waals surface area contributed by atoms with Crippen LogP contribution in [0.4, 0.5) is 10.3 Å². The first-order valence-corrected chi connectivity index (χ1v) is 14.1. The van der Waals surface area contributed by atoms with E-state index in [-0.39, 0.29) is 16.7 Å². The molecule has 0 aliphatic heterocycles. The van der Waals surface area contributed by atoms with E-state index in [1.165, 1.54) is 28.7 Å². The number of anilines is 2. The van der Waals surface area contributed by atoms with Crippen molar-refractivity contribution in [2.75, 3.05) is 16.9 Å². The van der Waals surface area contributed by atoms with Gasteiger partial charge in [0, 0.05) is 21.7 Å². The Bertz CT molecular complexity index is 1540. The molecule has 5 rings (SSSR count). The summed E-state index contributed by atoms with van der Waals surface area (Å²) in [6.07, 6.45) is 2.46. The van der Waals surface area contributed by atoms with Gasteiger partial charge >= 0.3 is 0 Å². The molecule has 2 aromatic heterocycles. The van der Waals surface area contributed by atoms with Crippen LogP contribution in [0.5, 0.6) is 0 Å². The van der Waals surface area contributed by atoms with Crippen molar-refractivity contribution in [3.8, 4) is 0 Å². The van der Waals surface area contributed by atoms with Gasteiger partial charge in [-0.1, -0.05) is 22.9 Å². The van der Waals surface area contributed by atoms with Crippen LogP contribution in [0.1, 0.15) is 33.3 Å². The second-order valence-corrected chi connectivity index (χ2v) is 12.4. The van der Waals surface area contributed by atoms with E-state index in [0.29, 0.717) is 49.6 Å². The van der Waals surface area contributed by atoms with E-state index in [9.17, 15) is 18.0 Å². The van der Waals surface area contributed by atoms with Crippen LogP contribution in [0.2, 0.25) is 5.02 Å². The fourth-order valence-electron chi connectivity index (χ4n) is 3.69. The SMILES string of the molecule is CS(=O)(=O)c1ccc2nc(NC(=O)C3CCc4sc(NC(=O)c5ccc(Cl)cc5)nc43)sc2c1. The third-order valence-corrected chi connectivity index (χ3v) is 8.72. The highest BCUT2D eigenvalue weighted by Gasteiger charge is 2.33. The average molecular weight is 533 g/mol. The average Bonchev–Trinajstić information content (AvgIpc) is 3.46. The summed E-state index contributed by atoms with van der Waals surface area (Å²) in [7, 11) is -3.33. The molecule has 0 saturated carbocycles. The van der Waals surface area contributed by atoms with Gasteiger partial charge in [0.25, 0.3) is 5.91 Å². The summed E-state index contributed by atoms with van der Waals surface area (Å²) in [5.41, 5.74) is 1.74. The molecule has 174 valence electrons. The maximum atomic E-state index is 13.0. The van der Waals surface area contributed by atoms with E-state index in [2.05, 4.69) is 20.6 Å². The topological polar surface area (TPSA) is 118 Å². The van der Waals surface area contributed by atoms with Gasteiger partial charge in [-0.2, -0.15) is 0 Å². The second kappa shape index (κ2) is 8.73. The first kappa shape index (κ1) is 22.9. The molecule has 0 bridgehead atoms. The van der Waals surface area contributed by atoms with Gasteiger partial charge in [0.05, 0.1) is 26.7 Å². The van der Waals surface area contributed by atoms with Crippen molar-refractivity contribution in [2.45, 2.75) is 23.7 Å². The minimum Gasteiger partial charge on any atom is -0.301 e. The van der Waals surface area contributed by atoms with Crippen LogP contribution in [0, 0.1) is 0 Å². The van der Waals surface area contributed by atoms with Crippen molar-refractivity contribution in [2.24, 2.45) is 0 Å². The second-order valence-electron chi connectivity index (χ2n) is 7.79. The molecular formula is C22H17ClN4O4S3. The Kier molecular flexibility index (Phi) is 5.88. The summed E-state index contributed by atoms with van der Waals surface area (Å²) in [4.78, 5) is 35.5. The molecule has 2 amide bonds. The molecule has 0 saturated heterocycles. The number of fused-ring (bicyclic) bond motifs is 2. The normalized spacial score (nSPS) is 15.3. The Morgan fingerprint density at radius 1 is 1.03 bits per heavy atom. The van der Waals surface area contributed by atoms with E-state index in [1.807, 2.05) is 0 Å². The van der Waals surface area contributed by atoms with Crippen molar-refractivity contribution in [3.63, 3.8) is 0 Å². The van der Waals surface area contributed by atoms with Crippen molar-refractivity contribution in [1.29, 1.82) is 0 Å². The number of aryl methyl sites for hydroxylation is 1. The summed E-state index contributed by atoms with van der Waals surface area (Å²) in [6.45, 7) is 0. The number of carbonyl (C=O) groups is 2. The summed E-state index contributed by atoms with van der Waals surface area (Å²) < 4.78 is 24.3. The number of amides is 2. The number of sulfone groups is 1. The van der Waals surface area contributed by atoms with Crippen LogP contribution >= 0.6 is 34.3 Å². The maximum Gasteiger partial charge on any atom is 0.257 e. The van der Waals surface area contributed by atoms with Gasteiger partial charge in [0.2, 0.25) is 5.91 Å². The lowest BCUT2D eigenvalue weighted by Crippen LogP contribution is -2.20. The lowest BCUT2D eigenvalue weighted by Gasteiger charge is -2.08. The Balaban J connectivity index is 1.30. The number of halogens is 1. The van der Waals surface area contributed by atoms with E-state index < -0.39 is 15.8 Å². The quantitative estimate of drug-likeness (QED) is 0.383. The minimum atomic E-state index is -3.33. The number of hydrogen-bond acceptors (Lipinski definition) is 8. The number of carbonyl (C=O) groups excluding carboxylic acids is 2. The first-order chi connectivity index (χ1) is 16.2. The number of rotatable bonds is 5. The molecule has 0 spiro atoms. The molecule has 0 fully saturated rings. The van der Waals surface area contributed by atoms with Gasteiger partial charge in [-0.25, -0.2) is 18.4 Å². The fourth-order valence-corrected chi connectivity index (χ4v) is 6.48. The summed E-state index contributed by atoms with van der Waals surface area (Å²) in [5, 5.41) is 7.00. The molecule has 8 nitrogen and oxygen atoms in total. The molecule has 1 aliphatic rings. The zero-order chi connectivity index (χ0) is 24.0. The van der Waals surface area contributed by atoms with Crippen molar-refractivity contribution in [1.82, 2.24) is 9.97 Å². The number of nitrogens with zero attached hydrogens (tertiary/aromatic N) is 2. The van der Waals surface area contributed by atoms with Crippen LogP contribution in [0.3, 0.4) is 0 Å². The van der Waals surface area contributed by atoms with Crippen molar-refractivity contribution < 1.29 is 18.0 Å². The predicted molar refractivity (Wildman–Crippen MR) is 134 cm³/mol. The Labute approximate surface area is 207 Å². The highest BCUT2D eigenvalue weighted by Crippen LogP contribution is 2.39. The van der Waals surface area contributed by atoms with Crippen LogP contribution in [0.25, 0.3) is 10.2 Å². The molecule has 1 unspecified atom stereocenters. The summed E-state index contributed by atoms with van der Waals surface area (Å²) >= 11 is 8.45. The molecule has 1 aliphatic carbocycles. The fraction of sp³-hybridized carbons (Fsp3) is 0.182. The molecule has 2 heterocycles. The van der Waals surface area contributed by atoms with Crippen LogP contribution < -0.4 is 10.6 Å². The van der Waals surface area contributed by atoms with Gasteiger partial charge in [-0.05, 0) is 55.3 Å². The third-order valence-electron chi connectivity index (χ3n) is 5.38. The number of thiazole rings is 2. The van der Waals surface area contributed by atoms with Gasteiger partial charge in [0.1, 0.15) is 0 Å². The largest absolute Gasteiger partial charge is 0.301 e. The van der Waals surface area contributed by atoms with Gasteiger partial charge in [-0.15, -0.1) is 11.3 Å². The monoisotopic (exact) mass is 532 g/mol. The third kappa shape index (κ3) is 4.56. The number of benzene rings is 2. The maximum absolute atomic E-state index is 13.0. The Hall–Kier alpha value is -2.86. The highest BCUT2D eigenvalue weighted by molar-refractivity contribution is 7.90. The van der Waals surface area contributed by atoms with Crippen LogP contribution in [0.15, 0.2) is 47.4 Å². The number of nitrogens with one attached hydrogen (secondary N) is 2. The van der Waals surface area contributed by atoms with Gasteiger partial charge in [-0.3, -0.25) is 14.9 Å². The molecule has 2 N–H and O–H groups in total. The molecule has 0 radical (unpaired) electrons. The van der Waals surface area contributed by atoms with E-state index in [4.69, 9.17) is 11.6 Å². The summed E-state index contributed by atoms with van der Waals surface area (Å²) in [6, 6.07) is 11.2. The smallest absolute Gasteiger partial charge is 0.257 e. The lowest BCUT2D eigenvalue weighted by molar-refractivity contribution is -0.117. The Morgan fingerprint density at radius 2 is 1.76 bits per heavy atom. The van der Waals surface area contributed by atoms with Gasteiger partial charge in [0.15, 0.2) is 20.1 Å². The van der Waals surface area contributed by atoms with Crippen molar-refractivity contribution in [3.05, 3.63) is 63.6 Å². The molecule has 2 aromatic carbocycles. The number of aromatic nitrogens is 2. The molecule has 1 atom stereocenters. The van der Waals surface area contributed by atoms with Crippen LogP contribution in [-0.4, -0.2) is 36.5 Å². The van der Waals surface area contributed by atoms with Gasteiger partial charge < -0.3 is 5.32 Å².